The van der Waals surface area contributed by atoms with Crippen molar-refractivity contribution in [3.63, 3.8) is 0 Å². The first kappa shape index (κ1) is 29.2. The Kier molecular flexibility index (Phi) is 9.35. The number of morpholine rings is 1. The van der Waals surface area contributed by atoms with Crippen LogP contribution in [0.2, 0.25) is 0 Å². The van der Waals surface area contributed by atoms with Crippen LogP contribution in [0.5, 0.6) is 23.0 Å². The number of pyridine rings is 3. The molecule has 224 valence electrons. The zero-order chi connectivity index (χ0) is 30.1. The molecule has 3 aromatic heterocycles. The van der Waals surface area contributed by atoms with Crippen molar-refractivity contribution in [3.8, 4) is 34.1 Å². The summed E-state index contributed by atoms with van der Waals surface area (Å²) in [6.45, 7) is 5.04. The molecule has 0 saturated carbocycles. The normalized spacial score (nSPS) is 13.5. The summed E-state index contributed by atoms with van der Waals surface area (Å²) in [5.41, 5.74) is 3.75. The average molecular weight is 591 g/mol. The Morgan fingerprint density at radius 1 is 0.864 bits per heavy atom. The Bertz CT molecular complexity index is 1710. The molecule has 1 aliphatic heterocycles. The van der Waals surface area contributed by atoms with Gasteiger partial charge in [0.1, 0.15) is 17.2 Å². The second kappa shape index (κ2) is 14.1. The molecule has 5 aromatic rings. The van der Waals surface area contributed by atoms with E-state index in [0.29, 0.717) is 41.0 Å². The zero-order valence-corrected chi connectivity index (χ0v) is 24.6. The maximum atomic E-state index is 13.0. The predicted octanol–water partition coefficient (Wildman–Crippen LogP) is 6.02. The number of ketones is 1. The minimum atomic E-state index is -0.102. The molecule has 2 aromatic carbocycles. The number of hydrogen-bond donors (Lipinski definition) is 0. The lowest BCUT2D eigenvalue weighted by molar-refractivity contribution is 0.0357. The zero-order valence-electron chi connectivity index (χ0n) is 24.6. The van der Waals surface area contributed by atoms with Crippen molar-refractivity contribution in [2.45, 2.75) is 12.8 Å². The quantitative estimate of drug-likeness (QED) is 0.128. The second-order valence-corrected chi connectivity index (χ2v) is 10.5. The molecule has 0 amide bonds. The summed E-state index contributed by atoms with van der Waals surface area (Å²) in [7, 11) is 1.62. The molecule has 0 radical (unpaired) electrons. The van der Waals surface area contributed by atoms with Crippen molar-refractivity contribution in [2.24, 2.45) is 0 Å². The molecule has 0 unspecified atom stereocenters. The van der Waals surface area contributed by atoms with Crippen molar-refractivity contribution in [2.75, 3.05) is 46.6 Å². The molecule has 1 aliphatic rings. The highest BCUT2D eigenvalue weighted by atomic mass is 16.5. The van der Waals surface area contributed by atoms with Crippen LogP contribution in [-0.4, -0.2) is 72.2 Å². The van der Waals surface area contributed by atoms with E-state index in [4.69, 9.17) is 18.9 Å². The third-order valence-electron chi connectivity index (χ3n) is 7.49. The van der Waals surface area contributed by atoms with Crippen molar-refractivity contribution in [1.82, 2.24) is 19.9 Å². The lowest BCUT2D eigenvalue weighted by Gasteiger charge is -2.26. The standard InChI is InChI=1S/C35H34N4O5/c1-41-34-22-29-30(23-35(34)43-17-5-14-39-15-18-42-19-16-39)36-13-11-33(29)44-28-9-8-27(38-24-28)21-32(40)31-20-26(10-12-37-31)25-6-3-2-4-7-25/h2-4,6-13,20,22-24H,5,14-19,21H2,1H3. The van der Waals surface area contributed by atoms with Gasteiger partial charge in [-0.3, -0.25) is 24.6 Å². The number of carbonyl (C=O) groups excluding carboxylic acids is 1. The monoisotopic (exact) mass is 590 g/mol. The van der Waals surface area contributed by atoms with Gasteiger partial charge in [0.2, 0.25) is 0 Å². The lowest BCUT2D eigenvalue weighted by Crippen LogP contribution is -2.37. The van der Waals surface area contributed by atoms with E-state index in [1.165, 1.54) is 0 Å². The van der Waals surface area contributed by atoms with Gasteiger partial charge in [-0.1, -0.05) is 30.3 Å². The molecule has 0 aliphatic carbocycles. The highest BCUT2D eigenvalue weighted by Gasteiger charge is 2.15. The number of Topliss-reactive ketones (excluding diaryl/α,β-unsaturated/α-hetero) is 1. The van der Waals surface area contributed by atoms with E-state index in [0.717, 1.165) is 61.3 Å². The van der Waals surface area contributed by atoms with Gasteiger partial charge in [-0.25, -0.2) is 0 Å². The highest BCUT2D eigenvalue weighted by Crippen LogP contribution is 2.37. The fourth-order valence-electron chi connectivity index (χ4n) is 5.14. The van der Waals surface area contributed by atoms with E-state index in [-0.39, 0.29) is 12.2 Å². The number of carbonyl (C=O) groups is 1. The maximum absolute atomic E-state index is 13.0. The summed E-state index contributed by atoms with van der Waals surface area (Å²) in [5.74, 6) is 2.31. The van der Waals surface area contributed by atoms with Crippen LogP contribution >= 0.6 is 0 Å². The Morgan fingerprint density at radius 2 is 1.70 bits per heavy atom. The Labute approximate surface area is 256 Å². The average Bonchev–Trinajstić information content (AvgIpc) is 3.08. The molecular weight excluding hydrogens is 556 g/mol. The molecule has 4 heterocycles. The number of fused-ring (bicyclic) bond motifs is 1. The van der Waals surface area contributed by atoms with E-state index in [1.54, 1.807) is 43.9 Å². The maximum Gasteiger partial charge on any atom is 0.187 e. The van der Waals surface area contributed by atoms with Gasteiger partial charge in [0.25, 0.3) is 0 Å². The summed E-state index contributed by atoms with van der Waals surface area (Å²) < 4.78 is 23.3. The van der Waals surface area contributed by atoms with Crippen molar-refractivity contribution < 1.29 is 23.7 Å². The SMILES string of the molecule is COc1cc2c(Oc3ccc(CC(=O)c4cc(-c5ccccc5)ccn4)nc3)ccnc2cc1OCCCN1CCOCC1. The van der Waals surface area contributed by atoms with E-state index in [1.807, 2.05) is 54.6 Å². The van der Waals surface area contributed by atoms with Gasteiger partial charge in [-0.2, -0.15) is 0 Å². The Morgan fingerprint density at radius 3 is 2.50 bits per heavy atom. The molecule has 44 heavy (non-hydrogen) atoms. The van der Waals surface area contributed by atoms with Crippen LogP contribution in [0.25, 0.3) is 22.0 Å². The number of methoxy groups -OCH3 is 1. The van der Waals surface area contributed by atoms with Gasteiger partial charge in [0.05, 0.1) is 45.1 Å². The number of aromatic nitrogens is 3. The van der Waals surface area contributed by atoms with E-state index in [9.17, 15) is 4.79 Å². The smallest absolute Gasteiger partial charge is 0.187 e. The third kappa shape index (κ3) is 7.19. The Balaban J connectivity index is 1.10. The number of hydrogen-bond acceptors (Lipinski definition) is 9. The van der Waals surface area contributed by atoms with Gasteiger partial charge in [0.15, 0.2) is 17.3 Å². The first-order valence-corrected chi connectivity index (χ1v) is 14.7. The van der Waals surface area contributed by atoms with Crippen LogP contribution in [0.3, 0.4) is 0 Å². The predicted molar refractivity (Wildman–Crippen MR) is 168 cm³/mol. The van der Waals surface area contributed by atoms with E-state index >= 15 is 0 Å². The molecule has 6 rings (SSSR count). The number of rotatable bonds is 12. The molecule has 1 saturated heterocycles. The van der Waals surface area contributed by atoms with Crippen molar-refractivity contribution in [3.05, 3.63) is 103 Å². The fourth-order valence-corrected chi connectivity index (χ4v) is 5.14. The largest absolute Gasteiger partial charge is 0.493 e. The van der Waals surface area contributed by atoms with Crippen LogP contribution in [0, 0.1) is 0 Å². The molecule has 0 atom stereocenters. The van der Waals surface area contributed by atoms with Gasteiger partial charge in [0, 0.05) is 49.2 Å². The highest BCUT2D eigenvalue weighted by molar-refractivity contribution is 5.96. The van der Waals surface area contributed by atoms with Crippen molar-refractivity contribution in [1.29, 1.82) is 0 Å². The van der Waals surface area contributed by atoms with Crippen molar-refractivity contribution >= 4 is 16.7 Å². The topological polar surface area (TPSA) is 95.9 Å². The summed E-state index contributed by atoms with van der Waals surface area (Å²) in [4.78, 5) is 28.7. The molecule has 1 fully saturated rings. The van der Waals surface area contributed by atoms with Crippen LogP contribution < -0.4 is 14.2 Å². The van der Waals surface area contributed by atoms with Crippen LogP contribution in [0.1, 0.15) is 22.6 Å². The second-order valence-electron chi connectivity index (χ2n) is 10.5. The third-order valence-corrected chi connectivity index (χ3v) is 7.49. The first-order chi connectivity index (χ1) is 21.7. The number of benzene rings is 2. The molecule has 9 heteroatoms. The van der Waals surface area contributed by atoms with Crippen LogP contribution in [0.15, 0.2) is 91.4 Å². The summed E-state index contributed by atoms with van der Waals surface area (Å²) in [5, 5.41) is 0.786. The van der Waals surface area contributed by atoms with Gasteiger partial charge in [-0.05, 0) is 53.9 Å². The minimum absolute atomic E-state index is 0.102. The van der Waals surface area contributed by atoms with E-state index < -0.39 is 0 Å². The molecule has 0 N–H and O–H groups in total. The summed E-state index contributed by atoms with van der Waals surface area (Å²) in [6.07, 6.45) is 6.02. The Hall–Kier alpha value is -4.86. The van der Waals surface area contributed by atoms with Crippen LogP contribution in [0.4, 0.5) is 0 Å². The fraction of sp³-hybridized carbons (Fsp3) is 0.257. The van der Waals surface area contributed by atoms with Gasteiger partial charge < -0.3 is 18.9 Å². The van der Waals surface area contributed by atoms with Gasteiger partial charge >= 0.3 is 0 Å². The van der Waals surface area contributed by atoms with Gasteiger partial charge in [-0.15, -0.1) is 0 Å². The summed E-state index contributed by atoms with van der Waals surface area (Å²) in [6, 6.07) is 22.8. The summed E-state index contributed by atoms with van der Waals surface area (Å²) >= 11 is 0. The first-order valence-electron chi connectivity index (χ1n) is 14.7. The molecule has 9 nitrogen and oxygen atoms in total. The molecule has 0 bridgehead atoms. The molecular formula is C35H34N4O5. The van der Waals surface area contributed by atoms with E-state index in [2.05, 4.69) is 19.9 Å². The number of ether oxygens (including phenoxy) is 4. The lowest BCUT2D eigenvalue weighted by atomic mass is 10.0. The minimum Gasteiger partial charge on any atom is -0.493 e. The number of nitrogens with zero attached hydrogens (tertiary/aromatic N) is 4. The van der Waals surface area contributed by atoms with Crippen LogP contribution in [-0.2, 0) is 11.2 Å². The molecule has 0 spiro atoms.